The first kappa shape index (κ1) is 20.3. The van der Waals surface area contributed by atoms with Crippen LogP contribution in [0.15, 0.2) is 64.3 Å². The Labute approximate surface area is 193 Å². The first-order valence-electron chi connectivity index (χ1n) is 10.9. The van der Waals surface area contributed by atoms with Gasteiger partial charge in [0.05, 0.1) is 11.9 Å². The molecular formula is C24H20N4O6. The highest BCUT2D eigenvalue weighted by molar-refractivity contribution is 5.67. The minimum absolute atomic E-state index is 0.185. The number of benzene rings is 1. The molecule has 0 saturated carbocycles. The number of aromatic nitrogens is 4. The predicted molar refractivity (Wildman–Crippen MR) is 118 cm³/mol. The first-order valence-corrected chi connectivity index (χ1v) is 10.9. The van der Waals surface area contributed by atoms with Crippen LogP contribution in [-0.2, 0) is 19.6 Å². The molecule has 0 aliphatic carbocycles. The average Bonchev–Trinajstić information content (AvgIpc) is 3.39. The second-order valence-corrected chi connectivity index (χ2v) is 7.87. The normalized spacial score (nSPS) is 15.8. The van der Waals surface area contributed by atoms with E-state index in [1.165, 1.54) is 6.26 Å². The molecule has 5 heterocycles. The van der Waals surface area contributed by atoms with Gasteiger partial charge < -0.3 is 23.4 Å². The van der Waals surface area contributed by atoms with Gasteiger partial charge in [0.2, 0.25) is 11.8 Å². The molecule has 4 aromatic rings. The fourth-order valence-electron chi connectivity index (χ4n) is 4.04. The molecule has 10 heteroatoms. The third-order valence-electron chi connectivity index (χ3n) is 5.64. The van der Waals surface area contributed by atoms with Gasteiger partial charge in [-0.3, -0.25) is 4.57 Å². The van der Waals surface area contributed by atoms with E-state index in [0.29, 0.717) is 42.8 Å². The van der Waals surface area contributed by atoms with Crippen LogP contribution >= 0.6 is 0 Å². The van der Waals surface area contributed by atoms with Crippen LogP contribution in [0.25, 0.3) is 11.3 Å². The highest BCUT2D eigenvalue weighted by atomic mass is 16.6. The molecule has 0 N–H and O–H groups in total. The van der Waals surface area contributed by atoms with Crippen molar-refractivity contribution in [3.05, 3.63) is 77.0 Å². The van der Waals surface area contributed by atoms with Gasteiger partial charge in [-0.15, -0.1) is 0 Å². The zero-order valence-corrected chi connectivity index (χ0v) is 18.0. The monoisotopic (exact) mass is 460 g/mol. The summed E-state index contributed by atoms with van der Waals surface area (Å²) < 4.78 is 30.0. The van der Waals surface area contributed by atoms with Crippen LogP contribution in [0.5, 0.6) is 23.3 Å². The Hall–Kier alpha value is -4.34. The highest BCUT2D eigenvalue weighted by Gasteiger charge is 2.24. The Morgan fingerprint density at radius 3 is 3.00 bits per heavy atom. The van der Waals surface area contributed by atoms with Gasteiger partial charge in [-0.05, 0) is 42.3 Å². The maximum Gasteiger partial charge on any atom is 0.351 e. The van der Waals surface area contributed by atoms with Gasteiger partial charge in [0, 0.05) is 24.4 Å². The number of hydrogen-bond donors (Lipinski definition) is 0. The third kappa shape index (κ3) is 3.94. The summed E-state index contributed by atoms with van der Waals surface area (Å²) in [6, 6.07) is 11.1. The molecule has 3 aromatic heterocycles. The fraction of sp³-hybridized carbons (Fsp3) is 0.250. The van der Waals surface area contributed by atoms with E-state index in [1.54, 1.807) is 35.2 Å². The van der Waals surface area contributed by atoms with Gasteiger partial charge >= 0.3 is 5.69 Å². The summed E-state index contributed by atoms with van der Waals surface area (Å²) in [5, 5.41) is 0. The lowest BCUT2D eigenvalue weighted by Crippen LogP contribution is -2.35. The average molecular weight is 460 g/mol. The second-order valence-electron chi connectivity index (χ2n) is 7.87. The van der Waals surface area contributed by atoms with Crippen LogP contribution in [0.3, 0.4) is 0 Å². The van der Waals surface area contributed by atoms with Gasteiger partial charge in [-0.25, -0.2) is 14.8 Å². The van der Waals surface area contributed by atoms with E-state index in [1.807, 2.05) is 18.2 Å². The molecule has 6 rings (SSSR count). The maximum atomic E-state index is 12.7. The third-order valence-corrected chi connectivity index (χ3v) is 5.64. The molecule has 0 unspecified atom stereocenters. The van der Waals surface area contributed by atoms with Crippen molar-refractivity contribution in [1.29, 1.82) is 0 Å². The van der Waals surface area contributed by atoms with Crippen LogP contribution in [0.2, 0.25) is 0 Å². The predicted octanol–water partition coefficient (Wildman–Crippen LogP) is 2.65. The molecule has 0 fully saturated rings. The standard InChI is InChI=1S/C24H20N4O6/c29-24-27-21(32-12-17-13-33-23-20(34-17)2-1-6-26-23)11-19-18-4-3-16(10-15(18)5-8-28(19)24)31-14-22-25-7-9-30-22/h1-4,6-7,9-11,17H,5,8,12-14H2/t17-/m0/s1. The molecular weight excluding hydrogens is 440 g/mol. The van der Waals surface area contributed by atoms with Crippen molar-refractivity contribution in [3.8, 4) is 34.5 Å². The number of aryl methyl sites for hydroxylation is 1. The molecule has 0 radical (unpaired) electrons. The van der Waals surface area contributed by atoms with Crippen LogP contribution < -0.4 is 24.6 Å². The topological polar surface area (TPSA) is 111 Å². The summed E-state index contributed by atoms with van der Waals surface area (Å²) in [7, 11) is 0. The van der Waals surface area contributed by atoms with Crippen molar-refractivity contribution in [2.75, 3.05) is 13.2 Å². The summed E-state index contributed by atoms with van der Waals surface area (Å²) in [5.74, 6) is 2.49. The summed E-state index contributed by atoms with van der Waals surface area (Å²) >= 11 is 0. The number of rotatable bonds is 6. The molecule has 0 saturated heterocycles. The molecule has 1 atom stereocenters. The molecule has 1 aromatic carbocycles. The Kier molecular flexibility index (Phi) is 5.10. The van der Waals surface area contributed by atoms with Gasteiger partial charge in [0.1, 0.15) is 25.2 Å². The summed E-state index contributed by atoms with van der Waals surface area (Å²) in [6.45, 7) is 1.26. The minimum atomic E-state index is -0.349. The number of hydrogen-bond acceptors (Lipinski definition) is 9. The zero-order valence-electron chi connectivity index (χ0n) is 18.0. The summed E-state index contributed by atoms with van der Waals surface area (Å²) in [6.07, 6.45) is 5.09. The van der Waals surface area contributed by atoms with Gasteiger partial charge in [0.25, 0.3) is 5.88 Å². The lowest BCUT2D eigenvalue weighted by Gasteiger charge is -2.25. The van der Waals surface area contributed by atoms with Crippen LogP contribution in [0.4, 0.5) is 0 Å². The number of ether oxygens (including phenoxy) is 4. The molecule has 10 nitrogen and oxygen atoms in total. The Morgan fingerprint density at radius 2 is 2.09 bits per heavy atom. The smallest absolute Gasteiger partial charge is 0.351 e. The molecule has 2 aliphatic heterocycles. The molecule has 2 aliphatic rings. The first-order chi connectivity index (χ1) is 16.7. The quantitative estimate of drug-likeness (QED) is 0.429. The summed E-state index contributed by atoms with van der Waals surface area (Å²) in [4.78, 5) is 25.0. The Morgan fingerprint density at radius 1 is 1.12 bits per heavy atom. The second kappa shape index (κ2) is 8.54. The molecule has 34 heavy (non-hydrogen) atoms. The van der Waals surface area contributed by atoms with Crippen molar-refractivity contribution in [2.24, 2.45) is 0 Å². The number of nitrogens with zero attached hydrogens (tertiary/aromatic N) is 4. The van der Waals surface area contributed by atoms with E-state index in [-0.39, 0.29) is 30.9 Å². The number of pyridine rings is 1. The van der Waals surface area contributed by atoms with Gasteiger partial charge in [0.15, 0.2) is 18.5 Å². The Balaban J connectivity index is 1.19. The molecule has 172 valence electrons. The minimum Gasteiger partial charge on any atom is -0.484 e. The van der Waals surface area contributed by atoms with Gasteiger partial charge in [-0.1, -0.05) is 0 Å². The molecule has 0 bridgehead atoms. The van der Waals surface area contributed by atoms with Crippen molar-refractivity contribution in [3.63, 3.8) is 0 Å². The molecule has 0 amide bonds. The van der Waals surface area contributed by atoms with Crippen molar-refractivity contribution < 1.29 is 23.4 Å². The number of oxazole rings is 1. The van der Waals surface area contributed by atoms with Crippen molar-refractivity contribution >= 4 is 0 Å². The highest BCUT2D eigenvalue weighted by Crippen LogP contribution is 2.33. The van der Waals surface area contributed by atoms with Crippen LogP contribution in [-0.4, -0.2) is 38.8 Å². The van der Waals surface area contributed by atoms with Crippen LogP contribution in [0.1, 0.15) is 11.5 Å². The fourth-order valence-corrected chi connectivity index (χ4v) is 4.04. The van der Waals surface area contributed by atoms with E-state index in [9.17, 15) is 4.79 Å². The van der Waals surface area contributed by atoms with Crippen LogP contribution in [0, 0.1) is 0 Å². The van der Waals surface area contributed by atoms with E-state index in [0.717, 1.165) is 16.8 Å². The van der Waals surface area contributed by atoms with E-state index >= 15 is 0 Å². The van der Waals surface area contributed by atoms with E-state index in [4.69, 9.17) is 23.4 Å². The summed E-state index contributed by atoms with van der Waals surface area (Å²) in [5.41, 5.74) is 2.43. The lowest BCUT2D eigenvalue weighted by molar-refractivity contribution is 0.0486. The van der Waals surface area contributed by atoms with Crippen molar-refractivity contribution in [1.82, 2.24) is 19.5 Å². The Bertz CT molecular complexity index is 1380. The van der Waals surface area contributed by atoms with E-state index < -0.39 is 0 Å². The number of fused-ring (bicyclic) bond motifs is 4. The maximum absolute atomic E-state index is 12.7. The largest absolute Gasteiger partial charge is 0.484 e. The lowest BCUT2D eigenvalue weighted by atomic mass is 9.97. The van der Waals surface area contributed by atoms with E-state index in [2.05, 4.69) is 15.0 Å². The van der Waals surface area contributed by atoms with Crippen molar-refractivity contribution in [2.45, 2.75) is 25.7 Å². The SMILES string of the molecule is O=c1nc(OC[C@H]2COc3ncccc3O2)cc2n1CCc1cc(OCc3ncco3)ccc1-2. The molecule has 0 spiro atoms. The zero-order chi connectivity index (χ0) is 22.9. The van der Waals surface area contributed by atoms with Gasteiger partial charge in [-0.2, -0.15) is 4.98 Å².